The van der Waals surface area contributed by atoms with Gasteiger partial charge in [-0.15, -0.1) is 0 Å². The lowest BCUT2D eigenvalue weighted by Crippen LogP contribution is -2.52. The third-order valence-electron chi connectivity index (χ3n) is 4.11. The van der Waals surface area contributed by atoms with Crippen LogP contribution in [0.3, 0.4) is 0 Å². The van der Waals surface area contributed by atoms with E-state index < -0.39 is 21.7 Å². The van der Waals surface area contributed by atoms with E-state index in [1.807, 2.05) is 27.7 Å². The molecule has 0 aromatic carbocycles. The number of amides is 1. The molecular weight excluding hydrogens is 330 g/mol. The van der Waals surface area contributed by atoms with Crippen LogP contribution < -0.4 is 5.32 Å². The zero-order valence-electron chi connectivity index (χ0n) is 15.8. The lowest BCUT2D eigenvalue weighted by molar-refractivity contribution is 0.0493. The van der Waals surface area contributed by atoms with Crippen LogP contribution in [-0.4, -0.2) is 73.3 Å². The van der Waals surface area contributed by atoms with Gasteiger partial charge in [-0.1, -0.05) is 0 Å². The SMILES string of the molecule is CCS(=O)(=O)N1CCN([C@@H](C)C[C@H](C)NC(=O)OC(C)(C)C)CC1. The number of carbonyl (C=O) groups excluding carboxylic acids is 1. The van der Waals surface area contributed by atoms with E-state index in [0.29, 0.717) is 13.1 Å². The molecule has 24 heavy (non-hydrogen) atoms. The minimum Gasteiger partial charge on any atom is -0.444 e. The summed E-state index contributed by atoms with van der Waals surface area (Å²) < 4.78 is 30.6. The molecule has 8 heteroatoms. The van der Waals surface area contributed by atoms with Crippen LogP contribution >= 0.6 is 0 Å². The summed E-state index contributed by atoms with van der Waals surface area (Å²) in [6.07, 6.45) is 0.390. The third kappa shape index (κ3) is 6.94. The lowest BCUT2D eigenvalue weighted by atomic mass is 10.1. The molecule has 0 radical (unpaired) electrons. The highest BCUT2D eigenvalue weighted by Gasteiger charge is 2.28. The van der Waals surface area contributed by atoms with Crippen LogP contribution in [-0.2, 0) is 14.8 Å². The second-order valence-electron chi connectivity index (χ2n) is 7.47. The zero-order valence-corrected chi connectivity index (χ0v) is 16.6. The number of hydrogen-bond donors (Lipinski definition) is 1. The minimum atomic E-state index is -3.09. The number of sulfonamides is 1. The predicted octanol–water partition coefficient (Wildman–Crippen LogP) is 1.65. The molecule has 0 spiro atoms. The Bertz CT molecular complexity index is 508. The maximum atomic E-state index is 11.9. The van der Waals surface area contributed by atoms with Crippen molar-refractivity contribution in [3.05, 3.63) is 0 Å². The summed E-state index contributed by atoms with van der Waals surface area (Å²) in [4.78, 5) is 14.1. The van der Waals surface area contributed by atoms with Crippen molar-refractivity contribution >= 4 is 16.1 Å². The predicted molar refractivity (Wildman–Crippen MR) is 95.5 cm³/mol. The van der Waals surface area contributed by atoms with Gasteiger partial charge in [0.15, 0.2) is 0 Å². The van der Waals surface area contributed by atoms with Crippen molar-refractivity contribution in [2.24, 2.45) is 0 Å². The van der Waals surface area contributed by atoms with Gasteiger partial charge in [0.25, 0.3) is 0 Å². The average Bonchev–Trinajstić information content (AvgIpc) is 2.45. The molecule has 0 unspecified atom stereocenters. The van der Waals surface area contributed by atoms with Crippen LogP contribution in [0.5, 0.6) is 0 Å². The van der Waals surface area contributed by atoms with Crippen LogP contribution in [0.2, 0.25) is 0 Å². The Hall–Kier alpha value is -0.860. The summed E-state index contributed by atoms with van der Waals surface area (Å²) in [6.45, 7) is 13.8. The summed E-state index contributed by atoms with van der Waals surface area (Å²) in [5.41, 5.74) is -0.503. The van der Waals surface area contributed by atoms with Gasteiger partial charge in [0.05, 0.1) is 5.75 Å². The Balaban J connectivity index is 2.41. The van der Waals surface area contributed by atoms with E-state index in [2.05, 4.69) is 17.1 Å². The van der Waals surface area contributed by atoms with Gasteiger partial charge in [-0.3, -0.25) is 4.90 Å². The highest BCUT2D eigenvalue weighted by atomic mass is 32.2. The molecule has 0 aliphatic carbocycles. The number of piperazine rings is 1. The van der Waals surface area contributed by atoms with Crippen molar-refractivity contribution in [2.45, 2.75) is 65.6 Å². The summed E-state index contributed by atoms with van der Waals surface area (Å²) >= 11 is 0. The second-order valence-corrected chi connectivity index (χ2v) is 9.73. The first-order valence-corrected chi connectivity index (χ1v) is 10.3. The van der Waals surface area contributed by atoms with Gasteiger partial charge in [0.2, 0.25) is 10.0 Å². The van der Waals surface area contributed by atoms with E-state index in [9.17, 15) is 13.2 Å². The Morgan fingerprint density at radius 2 is 1.71 bits per heavy atom. The van der Waals surface area contributed by atoms with Gasteiger partial charge < -0.3 is 10.1 Å². The number of carbonyl (C=O) groups is 1. The van der Waals surface area contributed by atoms with Gasteiger partial charge in [-0.2, -0.15) is 4.31 Å². The molecule has 0 aromatic heterocycles. The van der Waals surface area contributed by atoms with Crippen LogP contribution in [0.4, 0.5) is 4.79 Å². The van der Waals surface area contributed by atoms with Crippen molar-refractivity contribution in [2.75, 3.05) is 31.9 Å². The van der Waals surface area contributed by atoms with E-state index in [4.69, 9.17) is 4.74 Å². The first kappa shape index (κ1) is 21.2. The molecule has 1 saturated heterocycles. The van der Waals surface area contributed by atoms with E-state index in [0.717, 1.165) is 19.5 Å². The quantitative estimate of drug-likeness (QED) is 0.776. The number of nitrogens with zero attached hydrogens (tertiary/aromatic N) is 2. The Morgan fingerprint density at radius 1 is 1.17 bits per heavy atom. The number of alkyl carbamates (subject to hydrolysis) is 1. The first-order valence-electron chi connectivity index (χ1n) is 8.66. The fourth-order valence-electron chi connectivity index (χ4n) is 2.83. The van der Waals surface area contributed by atoms with Crippen LogP contribution in [0.15, 0.2) is 0 Å². The smallest absolute Gasteiger partial charge is 0.407 e. The molecule has 2 atom stereocenters. The fourth-order valence-corrected chi connectivity index (χ4v) is 3.92. The van der Waals surface area contributed by atoms with Gasteiger partial charge >= 0.3 is 6.09 Å². The molecule has 0 saturated carbocycles. The van der Waals surface area contributed by atoms with E-state index in [-0.39, 0.29) is 17.8 Å². The van der Waals surface area contributed by atoms with Crippen LogP contribution in [0, 0.1) is 0 Å². The maximum Gasteiger partial charge on any atom is 0.407 e. The van der Waals surface area contributed by atoms with Gasteiger partial charge in [0, 0.05) is 38.3 Å². The maximum absolute atomic E-state index is 11.9. The number of hydrogen-bond acceptors (Lipinski definition) is 5. The molecular formula is C16H33N3O4S. The second kappa shape index (κ2) is 8.49. The topological polar surface area (TPSA) is 79.0 Å². The zero-order chi connectivity index (χ0) is 18.5. The standard InChI is InChI=1S/C16H33N3O4S/c1-7-24(21,22)19-10-8-18(9-11-19)14(3)12-13(2)17-15(20)23-16(4,5)6/h13-14H,7-12H2,1-6H3,(H,17,20)/t13-,14-/m0/s1. The van der Waals surface area contributed by atoms with Gasteiger partial charge in [-0.25, -0.2) is 13.2 Å². The Morgan fingerprint density at radius 3 is 2.17 bits per heavy atom. The summed E-state index contributed by atoms with van der Waals surface area (Å²) in [5, 5.41) is 2.85. The van der Waals surface area contributed by atoms with Crippen LogP contribution in [0.1, 0.15) is 48.0 Å². The van der Waals surface area contributed by atoms with Crippen molar-refractivity contribution < 1.29 is 17.9 Å². The largest absolute Gasteiger partial charge is 0.444 e. The molecule has 1 fully saturated rings. The van der Waals surface area contributed by atoms with Crippen molar-refractivity contribution in [1.29, 1.82) is 0 Å². The fraction of sp³-hybridized carbons (Fsp3) is 0.938. The van der Waals surface area contributed by atoms with Crippen molar-refractivity contribution in [3.8, 4) is 0 Å². The first-order chi connectivity index (χ1) is 10.9. The van der Waals surface area contributed by atoms with Crippen molar-refractivity contribution in [3.63, 3.8) is 0 Å². The Kier molecular flexibility index (Phi) is 7.49. The van der Waals surface area contributed by atoms with E-state index in [1.165, 1.54) is 0 Å². The molecule has 1 heterocycles. The third-order valence-corrected chi connectivity index (χ3v) is 5.99. The summed E-state index contributed by atoms with van der Waals surface area (Å²) in [7, 11) is -3.09. The molecule has 7 nitrogen and oxygen atoms in total. The lowest BCUT2D eigenvalue weighted by Gasteiger charge is -2.38. The molecule has 0 aromatic rings. The monoisotopic (exact) mass is 363 g/mol. The normalized spacial score (nSPS) is 20.4. The average molecular weight is 364 g/mol. The van der Waals surface area contributed by atoms with E-state index in [1.54, 1.807) is 11.2 Å². The van der Waals surface area contributed by atoms with Crippen molar-refractivity contribution in [1.82, 2.24) is 14.5 Å². The molecule has 1 aliphatic rings. The molecule has 1 amide bonds. The summed E-state index contributed by atoms with van der Waals surface area (Å²) in [6, 6.07) is 0.258. The summed E-state index contributed by atoms with van der Waals surface area (Å²) in [5.74, 6) is 0.152. The minimum absolute atomic E-state index is 0.00717. The highest BCUT2D eigenvalue weighted by Crippen LogP contribution is 2.14. The number of nitrogens with one attached hydrogen (secondary N) is 1. The van der Waals surface area contributed by atoms with Crippen LogP contribution in [0.25, 0.3) is 0 Å². The number of rotatable bonds is 6. The molecule has 1 N–H and O–H groups in total. The molecule has 1 rings (SSSR count). The van der Waals surface area contributed by atoms with Gasteiger partial charge in [-0.05, 0) is 48.0 Å². The number of ether oxygens (including phenoxy) is 1. The van der Waals surface area contributed by atoms with E-state index >= 15 is 0 Å². The van der Waals surface area contributed by atoms with Gasteiger partial charge in [0.1, 0.15) is 5.60 Å². The highest BCUT2D eigenvalue weighted by molar-refractivity contribution is 7.89. The molecule has 0 bridgehead atoms. The Labute approximate surface area is 146 Å². The molecule has 142 valence electrons. The molecule has 1 aliphatic heterocycles.